The van der Waals surface area contributed by atoms with Crippen LogP contribution in [-0.2, 0) is 16.0 Å². The number of nitrogens with two attached hydrogens (primary N) is 1. The largest absolute Gasteiger partial charge is 0.469 e. The number of hydrogen-bond acceptors (Lipinski definition) is 4. The Balaban J connectivity index is 3.23. The molecule has 0 atom stereocenters. The fourth-order valence-electron chi connectivity index (χ4n) is 1.20. The highest BCUT2D eigenvalue weighted by Crippen LogP contribution is 2.32. The molecule has 0 unspecified atom stereocenters. The SMILES string of the molecule is COC(=O)Cc1c(Cl)cnc(N)c1C(F)F. The number of nitrogens with zero attached hydrogens (tertiary/aromatic N) is 1. The predicted molar refractivity (Wildman–Crippen MR) is 54.3 cm³/mol. The molecule has 7 heteroatoms. The molecule has 4 nitrogen and oxygen atoms in total. The highest BCUT2D eigenvalue weighted by Gasteiger charge is 2.22. The van der Waals surface area contributed by atoms with E-state index in [1.54, 1.807) is 0 Å². The number of halogens is 3. The predicted octanol–water partition coefficient (Wildman–Crippen LogP) is 1.97. The molecule has 2 N–H and O–H groups in total. The number of pyridine rings is 1. The third kappa shape index (κ3) is 2.57. The Morgan fingerprint density at radius 2 is 2.31 bits per heavy atom. The topological polar surface area (TPSA) is 65.2 Å². The quantitative estimate of drug-likeness (QED) is 0.833. The summed E-state index contributed by atoms with van der Waals surface area (Å²) >= 11 is 5.69. The van der Waals surface area contributed by atoms with E-state index >= 15 is 0 Å². The monoisotopic (exact) mass is 250 g/mol. The fourth-order valence-corrected chi connectivity index (χ4v) is 1.41. The van der Waals surface area contributed by atoms with Gasteiger partial charge < -0.3 is 10.5 Å². The third-order valence-electron chi connectivity index (χ3n) is 1.97. The summed E-state index contributed by atoms with van der Waals surface area (Å²) in [5, 5.41) is -0.0325. The molecule has 0 spiro atoms. The van der Waals surface area contributed by atoms with Gasteiger partial charge in [0.25, 0.3) is 6.43 Å². The van der Waals surface area contributed by atoms with Crippen LogP contribution in [0, 0.1) is 0 Å². The molecule has 0 aliphatic carbocycles. The molecule has 1 aromatic heterocycles. The van der Waals surface area contributed by atoms with Crippen LogP contribution in [-0.4, -0.2) is 18.1 Å². The molecule has 0 aromatic carbocycles. The highest BCUT2D eigenvalue weighted by atomic mass is 35.5. The molecule has 88 valence electrons. The number of nitrogen functional groups attached to an aromatic ring is 1. The summed E-state index contributed by atoms with van der Waals surface area (Å²) in [4.78, 5) is 14.5. The van der Waals surface area contributed by atoms with Crippen molar-refractivity contribution < 1.29 is 18.3 Å². The molecule has 0 aliphatic heterocycles. The minimum absolute atomic E-state index is 0.0325. The van der Waals surface area contributed by atoms with E-state index in [9.17, 15) is 13.6 Å². The minimum Gasteiger partial charge on any atom is -0.469 e. The minimum atomic E-state index is -2.84. The third-order valence-corrected chi connectivity index (χ3v) is 2.30. The van der Waals surface area contributed by atoms with Crippen molar-refractivity contribution in [3.63, 3.8) is 0 Å². The van der Waals surface area contributed by atoms with Crippen molar-refractivity contribution in [2.24, 2.45) is 0 Å². The smallest absolute Gasteiger partial charge is 0.310 e. The number of rotatable bonds is 3. The lowest BCUT2D eigenvalue weighted by Gasteiger charge is -2.11. The van der Waals surface area contributed by atoms with Crippen molar-refractivity contribution in [1.29, 1.82) is 0 Å². The van der Waals surface area contributed by atoms with E-state index < -0.39 is 18.0 Å². The Morgan fingerprint density at radius 3 is 2.81 bits per heavy atom. The Kier molecular flexibility index (Phi) is 4.00. The van der Waals surface area contributed by atoms with E-state index in [1.807, 2.05) is 0 Å². The number of anilines is 1. The molecule has 16 heavy (non-hydrogen) atoms. The Morgan fingerprint density at radius 1 is 1.69 bits per heavy atom. The second-order valence-corrected chi connectivity index (χ2v) is 3.34. The standard InChI is InChI=1S/C9H9ClF2N2O2/c1-16-6(15)2-4-5(10)3-14-9(13)7(4)8(11)12/h3,8H,2H2,1H3,(H2,13,14). The summed E-state index contributed by atoms with van der Waals surface area (Å²) in [5.41, 5.74) is 4.75. The van der Waals surface area contributed by atoms with Crippen LogP contribution < -0.4 is 5.73 Å². The van der Waals surface area contributed by atoms with Crippen LogP contribution >= 0.6 is 11.6 Å². The van der Waals surface area contributed by atoms with E-state index in [4.69, 9.17) is 17.3 Å². The molecule has 0 amide bonds. The lowest BCUT2D eigenvalue weighted by atomic mass is 10.1. The first-order chi connectivity index (χ1) is 7.47. The Labute approximate surface area is 95.4 Å². The summed E-state index contributed by atoms with van der Waals surface area (Å²) in [6.45, 7) is 0. The van der Waals surface area contributed by atoms with Crippen LogP contribution in [0.5, 0.6) is 0 Å². The number of ether oxygens (including phenoxy) is 1. The first-order valence-corrected chi connectivity index (χ1v) is 4.62. The van der Waals surface area contributed by atoms with Gasteiger partial charge in [-0.05, 0) is 5.56 Å². The average molecular weight is 251 g/mol. The number of hydrogen-bond donors (Lipinski definition) is 1. The first kappa shape index (κ1) is 12.6. The van der Waals surface area contributed by atoms with Gasteiger partial charge in [-0.25, -0.2) is 13.8 Å². The van der Waals surface area contributed by atoms with Crippen LogP contribution in [0.4, 0.5) is 14.6 Å². The molecule has 0 aliphatic rings. The lowest BCUT2D eigenvalue weighted by molar-refractivity contribution is -0.139. The van der Waals surface area contributed by atoms with E-state index in [0.29, 0.717) is 0 Å². The average Bonchev–Trinajstić information content (AvgIpc) is 2.22. The number of methoxy groups -OCH3 is 1. The molecule has 0 saturated carbocycles. The van der Waals surface area contributed by atoms with Crippen molar-refractivity contribution in [2.75, 3.05) is 12.8 Å². The van der Waals surface area contributed by atoms with E-state index in [-0.39, 0.29) is 22.8 Å². The van der Waals surface area contributed by atoms with E-state index in [1.165, 1.54) is 0 Å². The summed E-state index contributed by atoms with van der Waals surface area (Å²) < 4.78 is 29.8. The number of esters is 1. The van der Waals surface area contributed by atoms with Crippen LogP contribution in [0.1, 0.15) is 17.6 Å². The second-order valence-electron chi connectivity index (χ2n) is 2.94. The zero-order valence-electron chi connectivity index (χ0n) is 8.34. The van der Waals surface area contributed by atoms with Gasteiger partial charge >= 0.3 is 5.97 Å². The van der Waals surface area contributed by atoms with Gasteiger partial charge in [0.05, 0.1) is 24.1 Å². The fraction of sp³-hybridized carbons (Fsp3) is 0.333. The van der Waals surface area contributed by atoms with Crippen LogP contribution in [0.15, 0.2) is 6.20 Å². The number of carbonyl (C=O) groups is 1. The van der Waals surface area contributed by atoms with Crippen LogP contribution in [0.25, 0.3) is 0 Å². The molecule has 1 rings (SSSR count). The maximum atomic E-state index is 12.7. The zero-order valence-corrected chi connectivity index (χ0v) is 9.09. The van der Waals surface area contributed by atoms with Crippen LogP contribution in [0.2, 0.25) is 5.02 Å². The molecular weight excluding hydrogens is 242 g/mol. The van der Waals surface area contributed by atoms with Gasteiger partial charge in [0, 0.05) is 6.20 Å². The molecular formula is C9H9ClF2N2O2. The maximum Gasteiger partial charge on any atom is 0.310 e. The summed E-state index contributed by atoms with van der Waals surface area (Å²) in [7, 11) is 1.16. The number of aromatic nitrogens is 1. The maximum absolute atomic E-state index is 12.7. The Hall–Kier alpha value is -1.43. The van der Waals surface area contributed by atoms with Gasteiger partial charge in [-0.15, -0.1) is 0 Å². The van der Waals surface area contributed by atoms with E-state index in [2.05, 4.69) is 9.72 Å². The first-order valence-electron chi connectivity index (χ1n) is 4.25. The van der Waals surface area contributed by atoms with Gasteiger partial charge in [0.1, 0.15) is 5.82 Å². The van der Waals surface area contributed by atoms with Gasteiger partial charge in [0.15, 0.2) is 0 Å². The molecule has 0 bridgehead atoms. The van der Waals surface area contributed by atoms with E-state index in [0.717, 1.165) is 13.3 Å². The lowest BCUT2D eigenvalue weighted by Crippen LogP contribution is -2.10. The van der Waals surface area contributed by atoms with Gasteiger partial charge in [0.2, 0.25) is 0 Å². The van der Waals surface area contributed by atoms with Crippen LogP contribution in [0.3, 0.4) is 0 Å². The van der Waals surface area contributed by atoms with Gasteiger partial charge in [-0.2, -0.15) is 0 Å². The van der Waals surface area contributed by atoms with Crippen molar-refractivity contribution in [1.82, 2.24) is 4.98 Å². The van der Waals surface area contributed by atoms with Crippen molar-refractivity contribution in [2.45, 2.75) is 12.8 Å². The normalized spacial score (nSPS) is 10.6. The zero-order chi connectivity index (χ0) is 12.3. The Bertz CT molecular complexity index is 413. The van der Waals surface area contributed by atoms with Crippen molar-refractivity contribution in [3.05, 3.63) is 22.3 Å². The van der Waals surface area contributed by atoms with Gasteiger partial charge in [-0.1, -0.05) is 11.6 Å². The van der Waals surface area contributed by atoms with Gasteiger partial charge in [-0.3, -0.25) is 4.79 Å². The molecule has 0 saturated heterocycles. The summed E-state index contributed by atoms with van der Waals surface area (Å²) in [5.74, 6) is -1.01. The highest BCUT2D eigenvalue weighted by molar-refractivity contribution is 6.31. The summed E-state index contributed by atoms with van der Waals surface area (Å²) in [6.07, 6.45) is -2.08. The molecule has 1 aromatic rings. The summed E-state index contributed by atoms with van der Waals surface area (Å²) in [6, 6.07) is 0. The second kappa shape index (κ2) is 5.07. The van der Waals surface area contributed by atoms with Crippen molar-refractivity contribution in [3.8, 4) is 0 Å². The van der Waals surface area contributed by atoms with Crippen molar-refractivity contribution >= 4 is 23.4 Å². The number of carbonyl (C=O) groups excluding carboxylic acids is 1. The molecule has 1 heterocycles. The molecule has 0 radical (unpaired) electrons. The number of alkyl halides is 2. The molecule has 0 fully saturated rings.